The largest absolute Gasteiger partial charge is 0.496 e. The summed E-state index contributed by atoms with van der Waals surface area (Å²) in [4.78, 5) is 33.0. The molecular formula is C22H16N6O4S. The second-order valence-corrected chi connectivity index (χ2v) is 7.92. The second-order valence-electron chi connectivity index (χ2n) is 7.06. The van der Waals surface area contributed by atoms with Crippen LogP contribution in [0.4, 0.5) is 5.69 Å². The van der Waals surface area contributed by atoms with E-state index in [0.29, 0.717) is 5.69 Å². The molecule has 5 rings (SSSR count). The Hall–Kier alpha value is -4.38. The predicted molar refractivity (Wildman–Crippen MR) is 123 cm³/mol. The fourth-order valence-electron chi connectivity index (χ4n) is 3.53. The van der Waals surface area contributed by atoms with Crippen LogP contribution in [0.3, 0.4) is 0 Å². The summed E-state index contributed by atoms with van der Waals surface area (Å²) < 4.78 is 8.15. The van der Waals surface area contributed by atoms with E-state index in [1.807, 2.05) is 29.6 Å². The minimum Gasteiger partial charge on any atom is -0.496 e. The lowest BCUT2D eigenvalue weighted by molar-refractivity contribution is -0.384. The molecule has 0 saturated heterocycles. The van der Waals surface area contributed by atoms with E-state index in [4.69, 9.17) is 4.74 Å². The first kappa shape index (κ1) is 20.5. The number of para-hydroxylation sites is 3. The van der Waals surface area contributed by atoms with Gasteiger partial charge in [0.2, 0.25) is 0 Å². The molecule has 11 heteroatoms. The van der Waals surface area contributed by atoms with Crippen molar-refractivity contribution in [2.45, 2.75) is 6.54 Å². The quantitative estimate of drug-likeness (QED) is 0.280. The number of aromatic nitrogens is 5. The number of fused-ring (bicyclic) bond motifs is 1. The van der Waals surface area contributed by atoms with Gasteiger partial charge in [-0.15, -0.1) is 11.3 Å². The molecule has 164 valence electrons. The average Bonchev–Trinajstić information content (AvgIpc) is 3.48. The maximum atomic E-state index is 13.1. The molecule has 5 aromatic rings. The van der Waals surface area contributed by atoms with Gasteiger partial charge in [-0.25, -0.2) is 14.6 Å². The van der Waals surface area contributed by atoms with Gasteiger partial charge in [-0.05, 0) is 18.2 Å². The van der Waals surface area contributed by atoms with Crippen molar-refractivity contribution in [1.29, 1.82) is 0 Å². The van der Waals surface area contributed by atoms with Gasteiger partial charge in [0, 0.05) is 11.4 Å². The third kappa shape index (κ3) is 3.64. The van der Waals surface area contributed by atoms with E-state index >= 15 is 0 Å². The summed E-state index contributed by atoms with van der Waals surface area (Å²) in [6.07, 6.45) is 2.78. The van der Waals surface area contributed by atoms with Crippen LogP contribution in [0.5, 0.6) is 5.75 Å². The topological polar surface area (TPSA) is 118 Å². The van der Waals surface area contributed by atoms with Crippen molar-refractivity contribution >= 4 is 28.1 Å². The summed E-state index contributed by atoms with van der Waals surface area (Å²) in [7, 11) is 1.61. The van der Waals surface area contributed by atoms with Crippen molar-refractivity contribution < 1.29 is 9.66 Å². The summed E-state index contributed by atoms with van der Waals surface area (Å²) in [6, 6.07) is 13.8. The van der Waals surface area contributed by atoms with E-state index in [0.717, 1.165) is 16.3 Å². The number of nitrogens with zero attached hydrogens (tertiary/aromatic N) is 6. The minimum atomic E-state index is -0.494. The Morgan fingerprint density at radius 2 is 1.94 bits per heavy atom. The van der Waals surface area contributed by atoms with E-state index in [2.05, 4.69) is 15.1 Å². The number of rotatable bonds is 6. The molecule has 0 radical (unpaired) electrons. The highest BCUT2D eigenvalue weighted by Crippen LogP contribution is 2.32. The molecule has 0 saturated carbocycles. The summed E-state index contributed by atoms with van der Waals surface area (Å²) in [6.45, 7) is 0.226. The molecule has 0 aliphatic rings. The molecular weight excluding hydrogens is 444 g/mol. The van der Waals surface area contributed by atoms with E-state index in [9.17, 15) is 14.9 Å². The molecule has 0 aliphatic carbocycles. The van der Waals surface area contributed by atoms with Crippen molar-refractivity contribution in [3.05, 3.63) is 92.6 Å². The lowest BCUT2D eigenvalue weighted by Crippen LogP contribution is -2.21. The number of thiazole rings is 1. The van der Waals surface area contributed by atoms with Gasteiger partial charge in [0.1, 0.15) is 28.2 Å². The van der Waals surface area contributed by atoms with Crippen LogP contribution in [-0.4, -0.2) is 36.3 Å². The molecule has 33 heavy (non-hydrogen) atoms. The predicted octanol–water partition coefficient (Wildman–Crippen LogP) is 3.67. The van der Waals surface area contributed by atoms with E-state index < -0.39 is 4.92 Å². The van der Waals surface area contributed by atoms with Crippen LogP contribution in [0.25, 0.3) is 27.3 Å². The lowest BCUT2D eigenvalue weighted by Gasteiger charge is -2.06. The minimum absolute atomic E-state index is 0.125. The van der Waals surface area contributed by atoms with Crippen LogP contribution >= 0.6 is 11.3 Å². The number of ether oxygens (including phenoxy) is 1. The van der Waals surface area contributed by atoms with Gasteiger partial charge in [0.25, 0.3) is 11.2 Å². The van der Waals surface area contributed by atoms with Crippen molar-refractivity contribution in [3.63, 3.8) is 0 Å². The number of methoxy groups -OCH3 is 1. The van der Waals surface area contributed by atoms with E-state index in [1.165, 1.54) is 39.2 Å². The van der Waals surface area contributed by atoms with Gasteiger partial charge in [-0.2, -0.15) is 5.10 Å². The number of hydrogen-bond donors (Lipinski definition) is 0. The Morgan fingerprint density at radius 1 is 1.15 bits per heavy atom. The van der Waals surface area contributed by atoms with Gasteiger partial charge in [-0.3, -0.25) is 19.5 Å². The van der Waals surface area contributed by atoms with Gasteiger partial charge in [-0.1, -0.05) is 24.3 Å². The van der Waals surface area contributed by atoms with Gasteiger partial charge >= 0.3 is 0 Å². The zero-order valence-corrected chi connectivity index (χ0v) is 18.1. The fraction of sp³-hybridized carbons (Fsp3) is 0.0909. The molecule has 0 amide bonds. The maximum absolute atomic E-state index is 13.1. The Morgan fingerprint density at radius 3 is 2.76 bits per heavy atom. The molecule has 0 aliphatic heterocycles. The molecule has 3 heterocycles. The fourth-order valence-corrected chi connectivity index (χ4v) is 4.37. The third-order valence-electron chi connectivity index (χ3n) is 5.08. The highest BCUT2D eigenvalue weighted by molar-refractivity contribution is 7.13. The highest BCUT2D eigenvalue weighted by atomic mass is 32.1. The van der Waals surface area contributed by atoms with Crippen LogP contribution in [0.15, 0.2) is 71.2 Å². The zero-order chi connectivity index (χ0) is 22.9. The molecule has 0 fully saturated rings. The Labute approximate surface area is 190 Å². The summed E-state index contributed by atoms with van der Waals surface area (Å²) in [5.41, 5.74) is 1.64. The smallest absolute Gasteiger partial charge is 0.294 e. The van der Waals surface area contributed by atoms with Crippen molar-refractivity contribution in [1.82, 2.24) is 24.3 Å². The zero-order valence-electron chi connectivity index (χ0n) is 17.3. The summed E-state index contributed by atoms with van der Waals surface area (Å²) in [5, 5.41) is 18.5. The maximum Gasteiger partial charge on any atom is 0.294 e. The number of nitro groups is 1. The van der Waals surface area contributed by atoms with Crippen LogP contribution in [0, 0.1) is 10.1 Å². The molecule has 0 bridgehead atoms. The summed E-state index contributed by atoms with van der Waals surface area (Å²) >= 11 is 1.46. The van der Waals surface area contributed by atoms with Crippen LogP contribution in [-0.2, 0) is 6.54 Å². The molecule has 0 unspecified atom stereocenters. The first-order valence-electron chi connectivity index (χ1n) is 9.81. The number of hydrogen-bond acceptors (Lipinski definition) is 8. The van der Waals surface area contributed by atoms with Gasteiger partial charge in [0.15, 0.2) is 5.65 Å². The first-order valence-corrected chi connectivity index (χ1v) is 10.7. The average molecular weight is 460 g/mol. The SMILES string of the molecule is COc1ccccc1-c1nc(Cn2cnc3c(cnn3-c3ccccc3[N+](=O)[O-])c2=O)cs1. The van der Waals surface area contributed by atoms with E-state index in [1.54, 1.807) is 25.3 Å². The Kier molecular flexibility index (Phi) is 5.15. The molecule has 0 atom stereocenters. The first-order chi connectivity index (χ1) is 16.1. The van der Waals surface area contributed by atoms with Gasteiger partial charge in [0.05, 0.1) is 36.0 Å². The standard InChI is InChI=1S/C22H16N6O4S/c1-32-19-9-5-2-6-15(19)21-25-14(12-33-21)11-26-13-23-20-16(22(26)29)10-24-27(20)17-7-3-4-8-18(17)28(30)31/h2-10,12-13H,11H2,1H3. The third-order valence-corrected chi connectivity index (χ3v) is 6.01. The molecule has 10 nitrogen and oxygen atoms in total. The molecule has 0 N–H and O–H groups in total. The number of benzene rings is 2. The van der Waals surface area contributed by atoms with E-state index in [-0.39, 0.29) is 34.5 Å². The van der Waals surface area contributed by atoms with Crippen LogP contribution < -0.4 is 10.3 Å². The van der Waals surface area contributed by atoms with Crippen LogP contribution in [0.1, 0.15) is 5.69 Å². The molecule has 3 aromatic heterocycles. The van der Waals surface area contributed by atoms with Crippen LogP contribution in [0.2, 0.25) is 0 Å². The van der Waals surface area contributed by atoms with Crippen molar-refractivity contribution in [2.24, 2.45) is 0 Å². The Bertz CT molecular complexity index is 1550. The second kappa shape index (κ2) is 8.28. The van der Waals surface area contributed by atoms with Crippen molar-refractivity contribution in [3.8, 4) is 22.0 Å². The molecule has 2 aromatic carbocycles. The monoisotopic (exact) mass is 460 g/mol. The highest BCUT2D eigenvalue weighted by Gasteiger charge is 2.19. The summed E-state index contributed by atoms with van der Waals surface area (Å²) in [5.74, 6) is 0.723. The Balaban J connectivity index is 1.50. The number of nitro benzene ring substituents is 1. The van der Waals surface area contributed by atoms with Gasteiger partial charge < -0.3 is 4.74 Å². The van der Waals surface area contributed by atoms with Crippen molar-refractivity contribution in [2.75, 3.05) is 7.11 Å². The lowest BCUT2D eigenvalue weighted by atomic mass is 10.2. The normalized spacial score (nSPS) is 11.1. The molecule has 0 spiro atoms.